The quantitative estimate of drug-likeness (QED) is 0.112. The molecule has 10 heteroatoms. The number of thiophene rings is 1. The number of ether oxygens (including phenoxy) is 2. The third kappa shape index (κ3) is 38.2. The largest absolute Gasteiger partial charge is 0.261 e. The van der Waals surface area contributed by atoms with Crippen molar-refractivity contribution in [3.63, 3.8) is 0 Å². The van der Waals surface area contributed by atoms with E-state index in [4.69, 9.17) is 9.47 Å². The van der Waals surface area contributed by atoms with Crippen molar-refractivity contribution < 1.29 is 22.6 Å². The minimum atomic E-state index is -0.475. The molecule has 2 atom stereocenters. The van der Waals surface area contributed by atoms with Crippen LogP contribution in [0, 0.1) is 132 Å². The summed E-state index contributed by atoms with van der Waals surface area (Å²) in [6, 6.07) is 29.1. The standard InChI is InChI=1S/C8H8F2.C8H9F.2C8H14.C8H10.C7H9N.C6H8N2.C6H12O2.C6H8S.C6H8Se/c1-5-3-7(9)6(2)8(10)4-5;1-6-3-4-7(2)8(9)5-6;3*1-7-3-5-8(2)6-4-7;1-6-3-4-7(2)8-5-6;2*1-5-3-7-6(2)8-4-5;2*1-5-3-4-6(2)7-5/h3-4H,1-2H3;3-5H,1-2H3;2*3,8H,4-6H2,1-2H3;3-6H,1-2H3;3-5H,1-2H3;3-4H,1-2H3;5-6H,3-4H2,1-2H3;2*3-4H,1-2H3/t;;2*8-;;;;;;/m..10....../s1. The van der Waals surface area contributed by atoms with Crippen LogP contribution in [0.5, 0.6) is 0 Å². The molecule has 0 N–H and O–H groups in total. The van der Waals surface area contributed by atoms with Crippen molar-refractivity contribution in [3.05, 3.63) is 225 Å². The molecule has 4 aromatic heterocycles. The van der Waals surface area contributed by atoms with Crippen molar-refractivity contribution in [1.82, 2.24) is 15.0 Å². The number of pyridine rings is 1. The summed E-state index contributed by atoms with van der Waals surface area (Å²) in [4.78, 5) is 14.8. The Hall–Kier alpha value is -5.22. The number of hydrogen-bond donors (Lipinski definition) is 0. The maximum absolute atomic E-state index is 12.6. The Bertz CT molecular complexity index is 2530. The SMILES string of the molecule is CC1=CC[C@@H](C)CC1.CC1=CC[C@H](C)CC1.CC1COC(C)OC1.Cc1cc(F)c(C)c(F)c1.Cc1ccc(C)[se]1.Cc1ccc(C)c(F)c1.Cc1ccc(C)cc1.Cc1ccc(C)nc1.Cc1ccc(C)s1.Cc1cnc(C)nc1. The van der Waals surface area contributed by atoms with Crippen LogP contribution >= 0.6 is 11.3 Å². The zero-order valence-electron chi connectivity index (χ0n) is 53.1. The van der Waals surface area contributed by atoms with Gasteiger partial charge < -0.3 is 9.47 Å². The van der Waals surface area contributed by atoms with Gasteiger partial charge in [0.15, 0.2) is 6.29 Å². The van der Waals surface area contributed by atoms with Gasteiger partial charge in [-0.2, -0.15) is 0 Å². The van der Waals surface area contributed by atoms with Crippen LogP contribution in [0.15, 0.2) is 133 Å². The first-order valence-electron chi connectivity index (χ1n) is 28.5. The van der Waals surface area contributed by atoms with Gasteiger partial charge >= 0.3 is 49.4 Å². The fourth-order valence-electron chi connectivity index (χ4n) is 7.11. The molecule has 10 rings (SSSR count). The van der Waals surface area contributed by atoms with E-state index in [0.717, 1.165) is 47.7 Å². The molecular formula is C71H100F3N3O2SSe. The van der Waals surface area contributed by atoms with E-state index >= 15 is 0 Å². The number of hydrogen-bond acceptors (Lipinski definition) is 6. The predicted molar refractivity (Wildman–Crippen MR) is 344 cm³/mol. The molecule has 5 nitrogen and oxygen atoms in total. The van der Waals surface area contributed by atoms with Crippen LogP contribution in [-0.2, 0) is 9.47 Å². The zero-order chi connectivity index (χ0) is 61.0. The summed E-state index contributed by atoms with van der Waals surface area (Å²) >= 11 is 2.55. The van der Waals surface area contributed by atoms with Crippen LogP contribution in [0.1, 0.15) is 155 Å². The fourth-order valence-corrected chi connectivity index (χ4v) is 9.52. The molecule has 81 heavy (non-hydrogen) atoms. The van der Waals surface area contributed by atoms with Gasteiger partial charge in [0.1, 0.15) is 23.3 Å². The molecule has 2 aliphatic carbocycles. The number of halogens is 3. The van der Waals surface area contributed by atoms with E-state index in [1.165, 1.54) is 90.1 Å². The Balaban J connectivity index is 0.000000451. The number of benzene rings is 3. The molecule has 0 unspecified atom stereocenters. The molecule has 0 radical (unpaired) electrons. The van der Waals surface area contributed by atoms with Crippen LogP contribution < -0.4 is 0 Å². The number of nitrogens with zero attached hydrogens (tertiary/aromatic N) is 3. The maximum atomic E-state index is 12.6. The number of rotatable bonds is 0. The Morgan fingerprint density at radius 3 is 1.16 bits per heavy atom. The Kier molecular flexibility index (Phi) is 38.0. The maximum Gasteiger partial charge on any atom is 0.126 e. The van der Waals surface area contributed by atoms with Gasteiger partial charge in [-0.1, -0.05) is 97.7 Å². The summed E-state index contributed by atoms with van der Waals surface area (Å²) in [5.74, 6) is 2.23. The van der Waals surface area contributed by atoms with E-state index in [9.17, 15) is 13.2 Å². The minimum absolute atomic E-state index is 0.0196. The van der Waals surface area contributed by atoms with Gasteiger partial charge in [-0.05, 0) is 218 Å². The van der Waals surface area contributed by atoms with E-state index in [1.807, 2.05) is 83.6 Å². The molecule has 5 heterocycles. The molecule has 7 aromatic rings. The van der Waals surface area contributed by atoms with Crippen LogP contribution in [0.3, 0.4) is 0 Å². The first-order chi connectivity index (χ1) is 38.1. The molecule has 0 saturated carbocycles. The van der Waals surface area contributed by atoms with Gasteiger partial charge in [0.2, 0.25) is 0 Å². The second kappa shape index (κ2) is 41.7. The smallest absolute Gasteiger partial charge is 0.126 e. The fraction of sp³-hybridized carbons (Fsp3) is 0.451. The van der Waals surface area contributed by atoms with Gasteiger partial charge in [-0.3, -0.25) is 4.98 Å². The Labute approximate surface area is 499 Å². The Morgan fingerprint density at radius 2 is 0.864 bits per heavy atom. The average Bonchev–Trinajstić information content (AvgIpc) is 4.02. The summed E-state index contributed by atoms with van der Waals surface area (Å²) < 4.78 is 51.2. The van der Waals surface area contributed by atoms with Crippen LogP contribution in [0.2, 0.25) is 0 Å². The molecule has 0 amide bonds. The summed E-state index contributed by atoms with van der Waals surface area (Å²) in [7, 11) is 0. The zero-order valence-corrected chi connectivity index (χ0v) is 55.7. The third-order valence-electron chi connectivity index (χ3n) is 12.7. The number of aryl methyl sites for hydroxylation is 13. The molecule has 444 valence electrons. The summed E-state index contributed by atoms with van der Waals surface area (Å²) in [5, 5.41) is 0. The molecule has 1 fully saturated rings. The Morgan fingerprint density at radius 1 is 0.444 bits per heavy atom. The number of allylic oxidation sites excluding steroid dienone is 4. The van der Waals surface area contributed by atoms with Crippen molar-refractivity contribution in [1.29, 1.82) is 0 Å². The second-order valence-corrected chi connectivity index (χ2v) is 26.7. The van der Waals surface area contributed by atoms with E-state index in [0.29, 0.717) is 31.5 Å². The van der Waals surface area contributed by atoms with Gasteiger partial charge in [0.05, 0.1) is 13.2 Å². The van der Waals surface area contributed by atoms with Gasteiger partial charge in [-0.15, -0.1) is 11.3 Å². The molecule has 3 aromatic carbocycles. The topological polar surface area (TPSA) is 57.1 Å². The molecule has 0 bridgehead atoms. The molecular weight excluding hydrogens is 1090 g/mol. The molecule has 3 aliphatic rings. The normalized spacial score (nSPS) is 16.5. The van der Waals surface area contributed by atoms with Crippen molar-refractivity contribution in [2.45, 2.75) is 183 Å². The number of aromatic nitrogens is 3. The van der Waals surface area contributed by atoms with E-state index < -0.39 is 11.6 Å². The summed E-state index contributed by atoms with van der Waals surface area (Å²) in [6.07, 6.45) is 18.3. The second-order valence-electron chi connectivity index (χ2n) is 22.1. The van der Waals surface area contributed by atoms with Crippen LogP contribution in [0.25, 0.3) is 0 Å². The minimum Gasteiger partial charge on any atom is -0.261 e. The van der Waals surface area contributed by atoms with E-state index in [1.54, 1.807) is 39.9 Å². The first-order valence-corrected chi connectivity index (χ1v) is 31.1. The summed E-state index contributed by atoms with van der Waals surface area (Å²) in [5.41, 5.74) is 11.6. The van der Waals surface area contributed by atoms with Crippen LogP contribution in [0.4, 0.5) is 13.2 Å². The van der Waals surface area contributed by atoms with E-state index in [-0.39, 0.29) is 17.7 Å². The van der Waals surface area contributed by atoms with Crippen molar-refractivity contribution >= 4 is 25.8 Å². The van der Waals surface area contributed by atoms with Gasteiger partial charge in [-0.25, -0.2) is 23.1 Å². The third-order valence-corrected chi connectivity index (χ3v) is 15.6. The van der Waals surface area contributed by atoms with Crippen molar-refractivity contribution in [2.75, 3.05) is 13.2 Å². The monoisotopic (exact) mass is 1200 g/mol. The molecule has 1 saturated heterocycles. The summed E-state index contributed by atoms with van der Waals surface area (Å²) in [6.45, 7) is 42.2. The average molecular weight is 1200 g/mol. The van der Waals surface area contributed by atoms with Gasteiger partial charge in [0, 0.05) is 45.5 Å². The van der Waals surface area contributed by atoms with Crippen LogP contribution in [-0.4, -0.2) is 49.0 Å². The predicted octanol–water partition coefficient (Wildman–Crippen LogP) is 20.4. The van der Waals surface area contributed by atoms with E-state index in [2.05, 4.69) is 158 Å². The van der Waals surface area contributed by atoms with Crippen molar-refractivity contribution in [3.8, 4) is 0 Å². The molecule has 1 aliphatic heterocycles. The van der Waals surface area contributed by atoms with Gasteiger partial charge in [0.25, 0.3) is 0 Å². The molecule has 0 spiro atoms. The first kappa shape index (κ1) is 73.8. The van der Waals surface area contributed by atoms with Crippen molar-refractivity contribution in [2.24, 2.45) is 17.8 Å².